The first-order valence-electron chi connectivity index (χ1n) is 12.6. The van der Waals surface area contributed by atoms with Crippen LogP contribution in [0.2, 0.25) is 0 Å². The molecule has 0 spiro atoms. The molecule has 7 nitrogen and oxygen atoms in total. The van der Waals surface area contributed by atoms with Gasteiger partial charge < -0.3 is 25.8 Å². The number of nitrogens with one attached hydrogen (secondary N) is 2. The highest BCUT2D eigenvalue weighted by Gasteiger charge is 2.17. The molecule has 4 N–H and O–H groups in total. The van der Waals surface area contributed by atoms with Crippen LogP contribution in [0.3, 0.4) is 0 Å². The molecule has 0 unspecified atom stereocenters. The summed E-state index contributed by atoms with van der Waals surface area (Å²) in [4.78, 5) is 16.5. The van der Waals surface area contributed by atoms with Gasteiger partial charge in [-0.15, -0.1) is 0 Å². The van der Waals surface area contributed by atoms with Gasteiger partial charge in [0.2, 0.25) is 5.91 Å². The number of hydrogen-bond acceptors (Lipinski definition) is 7. The molecule has 0 radical (unpaired) electrons. The topological polar surface area (TPSA) is 98.5 Å². The number of carbonyl (C=O) groups excluding carboxylic acids is 1. The Morgan fingerprint density at radius 1 is 1.03 bits per heavy atom. The molecule has 8 heteroatoms. The largest absolute Gasteiger partial charge is 0.490 e. The van der Waals surface area contributed by atoms with E-state index in [1.807, 2.05) is 26.0 Å². The van der Waals surface area contributed by atoms with Gasteiger partial charge in [0.1, 0.15) is 0 Å². The van der Waals surface area contributed by atoms with Gasteiger partial charge in [0.25, 0.3) is 0 Å². The minimum atomic E-state index is -0.415. The normalized spacial score (nSPS) is 11.0. The minimum Gasteiger partial charge on any atom is -0.490 e. The van der Waals surface area contributed by atoms with Gasteiger partial charge in [0.05, 0.1) is 30.8 Å². The third-order valence-electron chi connectivity index (χ3n) is 6.09. The summed E-state index contributed by atoms with van der Waals surface area (Å²) in [7, 11) is 0. The second-order valence-corrected chi connectivity index (χ2v) is 9.42. The number of nitrogens with zero attached hydrogens (tertiary/aromatic N) is 1. The molecule has 0 aliphatic rings. The Hall–Kier alpha value is -3.62. The first-order chi connectivity index (χ1) is 18.0. The molecule has 0 aliphatic carbocycles. The fourth-order valence-corrected chi connectivity index (χ4v) is 5.12. The Morgan fingerprint density at radius 3 is 2.49 bits per heavy atom. The number of benzene rings is 2. The maximum Gasteiger partial charge on any atom is 0.221 e. The number of fused-ring (bicyclic) bond motifs is 1. The van der Waals surface area contributed by atoms with Crippen LogP contribution in [-0.2, 0) is 30.7 Å². The lowest BCUT2D eigenvalue weighted by molar-refractivity contribution is -0.117. The van der Waals surface area contributed by atoms with Crippen molar-refractivity contribution in [3.05, 3.63) is 75.6 Å². The van der Waals surface area contributed by atoms with E-state index in [1.165, 1.54) is 16.7 Å². The zero-order chi connectivity index (χ0) is 26.2. The summed E-state index contributed by atoms with van der Waals surface area (Å²) in [5, 5.41) is 12.3. The van der Waals surface area contributed by atoms with E-state index in [0.717, 1.165) is 47.4 Å². The average molecular weight is 519 g/mol. The van der Waals surface area contributed by atoms with Crippen LogP contribution in [-0.4, -0.2) is 24.1 Å². The van der Waals surface area contributed by atoms with E-state index in [2.05, 4.69) is 57.6 Å². The van der Waals surface area contributed by atoms with Crippen LogP contribution in [0.5, 0.6) is 11.5 Å². The number of primary amides is 1. The molecule has 0 bridgehead atoms. The van der Waals surface area contributed by atoms with Crippen molar-refractivity contribution in [2.24, 2.45) is 5.73 Å². The van der Waals surface area contributed by atoms with E-state index in [4.69, 9.17) is 15.2 Å². The van der Waals surface area contributed by atoms with Crippen LogP contribution in [0.4, 0.5) is 11.4 Å². The zero-order valence-electron chi connectivity index (χ0n) is 21.6. The number of rotatable bonds is 13. The molecule has 2 heterocycles. The summed E-state index contributed by atoms with van der Waals surface area (Å²) >= 11 is 1.71. The smallest absolute Gasteiger partial charge is 0.221 e. The number of amides is 1. The first kappa shape index (κ1) is 26.4. The monoisotopic (exact) mass is 518 g/mol. The molecular weight excluding hydrogens is 484 g/mol. The van der Waals surface area contributed by atoms with Crippen LogP contribution in [0.1, 0.15) is 43.0 Å². The fraction of sp³-hybridized carbons (Fsp3) is 0.310. The van der Waals surface area contributed by atoms with E-state index >= 15 is 0 Å². The van der Waals surface area contributed by atoms with Gasteiger partial charge in [-0.25, -0.2) is 0 Å². The Kier molecular flexibility index (Phi) is 8.98. The van der Waals surface area contributed by atoms with E-state index in [9.17, 15) is 4.79 Å². The standard InChI is InChI=1S/C29H34N4O3S/c1-4-22-20(16-31-15-19-10-11-37-18-19)8-7-9-24(22)33-29-21(12-28(30)34)17-32-25-14-27(36-6-3)26(35-5-2)13-23(25)29/h7-11,13-14,17-18,31H,4-6,12,15-16H2,1-3H3,(H2,30,34)(H,32,33). The summed E-state index contributed by atoms with van der Waals surface area (Å²) in [6, 6.07) is 12.2. The molecule has 2 aromatic heterocycles. The van der Waals surface area contributed by atoms with Gasteiger partial charge in [0, 0.05) is 42.0 Å². The second-order valence-electron chi connectivity index (χ2n) is 8.64. The van der Waals surface area contributed by atoms with Crippen molar-refractivity contribution < 1.29 is 14.3 Å². The number of pyridine rings is 1. The molecule has 0 saturated heterocycles. The molecule has 0 saturated carbocycles. The Balaban J connectivity index is 1.74. The highest BCUT2D eigenvalue weighted by molar-refractivity contribution is 7.07. The van der Waals surface area contributed by atoms with Gasteiger partial charge in [-0.3, -0.25) is 9.78 Å². The van der Waals surface area contributed by atoms with Gasteiger partial charge in [0.15, 0.2) is 11.5 Å². The predicted octanol–water partition coefficient (Wildman–Crippen LogP) is 5.72. The van der Waals surface area contributed by atoms with Crippen molar-refractivity contribution in [1.29, 1.82) is 0 Å². The number of ether oxygens (including phenoxy) is 2. The van der Waals surface area contributed by atoms with E-state index in [0.29, 0.717) is 24.7 Å². The van der Waals surface area contributed by atoms with Crippen molar-refractivity contribution in [2.75, 3.05) is 18.5 Å². The molecule has 37 heavy (non-hydrogen) atoms. The third-order valence-corrected chi connectivity index (χ3v) is 6.82. The average Bonchev–Trinajstić information content (AvgIpc) is 3.40. The maximum absolute atomic E-state index is 11.9. The zero-order valence-corrected chi connectivity index (χ0v) is 22.4. The van der Waals surface area contributed by atoms with Gasteiger partial charge in [-0.2, -0.15) is 11.3 Å². The summed E-state index contributed by atoms with van der Waals surface area (Å²) in [5.41, 5.74) is 12.6. The molecule has 194 valence electrons. The highest BCUT2D eigenvalue weighted by atomic mass is 32.1. The SMILES string of the molecule is CCOc1cc2ncc(CC(N)=O)c(Nc3cccc(CNCc4ccsc4)c3CC)c2cc1OCC. The van der Waals surface area contributed by atoms with Crippen LogP contribution in [0, 0.1) is 0 Å². The lowest BCUT2D eigenvalue weighted by Gasteiger charge is -2.20. The fourth-order valence-electron chi connectivity index (χ4n) is 4.45. The Labute approximate surface area is 222 Å². The quantitative estimate of drug-likeness (QED) is 0.209. The van der Waals surface area contributed by atoms with Crippen LogP contribution >= 0.6 is 11.3 Å². The van der Waals surface area contributed by atoms with Crippen molar-refractivity contribution in [3.8, 4) is 11.5 Å². The summed E-state index contributed by atoms with van der Waals surface area (Å²) in [6.45, 7) is 8.62. The van der Waals surface area contributed by atoms with Crippen LogP contribution < -0.4 is 25.8 Å². The lowest BCUT2D eigenvalue weighted by atomic mass is 10.0. The van der Waals surface area contributed by atoms with Crippen LogP contribution in [0.15, 0.2) is 53.4 Å². The highest BCUT2D eigenvalue weighted by Crippen LogP contribution is 2.38. The molecule has 0 aliphatic heterocycles. The molecule has 1 amide bonds. The first-order valence-corrected chi connectivity index (χ1v) is 13.6. The maximum atomic E-state index is 11.9. The van der Waals surface area contributed by atoms with E-state index in [1.54, 1.807) is 17.5 Å². The number of anilines is 2. The molecular formula is C29H34N4O3S. The van der Waals surface area contributed by atoms with E-state index < -0.39 is 5.91 Å². The molecule has 4 rings (SSSR count). The van der Waals surface area contributed by atoms with Crippen molar-refractivity contribution in [1.82, 2.24) is 10.3 Å². The number of aromatic nitrogens is 1. The van der Waals surface area contributed by atoms with Crippen molar-refractivity contribution in [2.45, 2.75) is 46.7 Å². The van der Waals surface area contributed by atoms with Crippen molar-refractivity contribution >= 4 is 39.5 Å². The second kappa shape index (κ2) is 12.6. The molecule has 2 aromatic carbocycles. The summed E-state index contributed by atoms with van der Waals surface area (Å²) in [5.74, 6) is 0.869. The van der Waals surface area contributed by atoms with Gasteiger partial charge in [-0.05, 0) is 65.9 Å². The molecule has 4 aromatic rings. The number of carbonyl (C=O) groups is 1. The Bertz CT molecular complexity index is 1360. The van der Waals surface area contributed by atoms with E-state index in [-0.39, 0.29) is 6.42 Å². The van der Waals surface area contributed by atoms with Crippen molar-refractivity contribution in [3.63, 3.8) is 0 Å². The van der Waals surface area contributed by atoms with Crippen LogP contribution in [0.25, 0.3) is 10.9 Å². The third kappa shape index (κ3) is 6.39. The number of nitrogens with two attached hydrogens (primary N) is 1. The lowest BCUT2D eigenvalue weighted by Crippen LogP contribution is -2.16. The minimum absolute atomic E-state index is 0.0752. The number of hydrogen-bond donors (Lipinski definition) is 3. The molecule has 0 fully saturated rings. The Morgan fingerprint density at radius 2 is 1.81 bits per heavy atom. The predicted molar refractivity (Wildman–Crippen MR) is 151 cm³/mol. The van der Waals surface area contributed by atoms with Gasteiger partial charge in [-0.1, -0.05) is 19.1 Å². The molecule has 0 atom stereocenters. The van der Waals surface area contributed by atoms with Gasteiger partial charge >= 0.3 is 0 Å². The number of thiophene rings is 1. The summed E-state index contributed by atoms with van der Waals surface area (Å²) < 4.78 is 11.7. The summed E-state index contributed by atoms with van der Waals surface area (Å²) in [6.07, 6.45) is 2.64.